The number of aromatic nitrogens is 1. The zero-order valence-corrected chi connectivity index (χ0v) is 24.8. The lowest BCUT2D eigenvalue weighted by Gasteiger charge is -2.27. The molecule has 0 saturated heterocycles. The largest absolute Gasteiger partial charge is 0.496 e. The second-order valence-corrected chi connectivity index (χ2v) is 9.89. The number of hydrogen-bond donors (Lipinski definition) is 0. The zero-order valence-electron chi connectivity index (χ0n) is 24.8. The first-order valence-electron chi connectivity index (χ1n) is 13.2. The summed E-state index contributed by atoms with van der Waals surface area (Å²) in [5.41, 5.74) is 3.66. The summed E-state index contributed by atoms with van der Waals surface area (Å²) in [5, 5.41) is 0. The fraction of sp³-hybridized carbons (Fsp3) is 0.375. The summed E-state index contributed by atoms with van der Waals surface area (Å²) >= 11 is 0. The van der Waals surface area contributed by atoms with Crippen molar-refractivity contribution in [2.45, 2.75) is 53.1 Å². The Bertz CT molecular complexity index is 1360. The van der Waals surface area contributed by atoms with Gasteiger partial charge in [-0.1, -0.05) is 31.2 Å². The Morgan fingerprint density at radius 2 is 1.34 bits per heavy atom. The van der Waals surface area contributed by atoms with Crippen LogP contribution in [0, 0.1) is 19.8 Å². The number of esters is 2. The Morgan fingerprint density at radius 3 is 1.83 bits per heavy atom. The normalized spacial score (nSPS) is 12.3. The lowest BCUT2D eigenvalue weighted by molar-refractivity contribution is -0.153. The van der Waals surface area contributed by atoms with Crippen LogP contribution in [0.3, 0.4) is 0 Å². The predicted molar refractivity (Wildman–Crippen MR) is 153 cm³/mol. The number of nitrogens with zero attached hydrogens (tertiary/aromatic N) is 1. The second-order valence-electron chi connectivity index (χ2n) is 9.89. The van der Waals surface area contributed by atoms with Crippen LogP contribution in [0.15, 0.2) is 48.7 Å². The van der Waals surface area contributed by atoms with Gasteiger partial charge in [0.25, 0.3) is 0 Å². The standard InChI is InChI=1S/C32H37NO8/c1-18-9-11-23(16-27(18)38-7)29(24-12-10-19(2)28(17-24)39-8)21(4)40-32(36)20(3)15-25(35)30-31(41-22(5)34)26(37-6)13-14-33-30/h9-14,16-17,20-21,29H,15H2,1-8H3/t20-,21+/m1/s1. The zero-order chi connectivity index (χ0) is 30.3. The lowest BCUT2D eigenvalue weighted by atomic mass is 9.86. The minimum Gasteiger partial charge on any atom is -0.496 e. The summed E-state index contributed by atoms with van der Waals surface area (Å²) in [6.45, 7) is 8.55. The summed E-state index contributed by atoms with van der Waals surface area (Å²) in [5.74, 6) is -1.26. The van der Waals surface area contributed by atoms with Crippen molar-refractivity contribution in [3.63, 3.8) is 0 Å². The topological polar surface area (TPSA) is 110 Å². The molecule has 2 aromatic carbocycles. The molecule has 218 valence electrons. The number of ketones is 1. The van der Waals surface area contributed by atoms with E-state index in [4.69, 9.17) is 23.7 Å². The van der Waals surface area contributed by atoms with Gasteiger partial charge >= 0.3 is 11.9 Å². The molecule has 1 heterocycles. The Labute approximate surface area is 240 Å². The predicted octanol–water partition coefficient (Wildman–Crippen LogP) is 5.62. The molecule has 9 nitrogen and oxygen atoms in total. The third-order valence-electron chi connectivity index (χ3n) is 6.85. The average Bonchev–Trinajstić information content (AvgIpc) is 2.94. The maximum atomic E-state index is 13.3. The number of hydrogen-bond acceptors (Lipinski definition) is 9. The summed E-state index contributed by atoms with van der Waals surface area (Å²) in [6, 6.07) is 13.3. The first-order chi connectivity index (χ1) is 19.5. The number of carbonyl (C=O) groups excluding carboxylic acids is 3. The van der Waals surface area contributed by atoms with Crippen LogP contribution in [0.4, 0.5) is 0 Å². The van der Waals surface area contributed by atoms with Gasteiger partial charge in [-0.2, -0.15) is 0 Å². The van der Waals surface area contributed by atoms with Crippen molar-refractivity contribution in [1.29, 1.82) is 0 Å². The average molecular weight is 564 g/mol. The fourth-order valence-corrected chi connectivity index (χ4v) is 4.65. The summed E-state index contributed by atoms with van der Waals surface area (Å²) in [4.78, 5) is 42.1. The molecule has 0 aliphatic rings. The van der Waals surface area contributed by atoms with Gasteiger partial charge in [0.2, 0.25) is 5.75 Å². The molecule has 0 fully saturated rings. The van der Waals surface area contributed by atoms with Crippen molar-refractivity contribution in [1.82, 2.24) is 4.98 Å². The van der Waals surface area contributed by atoms with Gasteiger partial charge < -0.3 is 23.7 Å². The van der Waals surface area contributed by atoms with E-state index in [0.717, 1.165) is 33.8 Å². The smallest absolute Gasteiger partial charge is 0.309 e. The van der Waals surface area contributed by atoms with E-state index in [-0.39, 0.29) is 29.5 Å². The number of Topliss-reactive ketones (excluding diaryl/α,β-unsaturated/α-hetero) is 1. The van der Waals surface area contributed by atoms with Crippen LogP contribution in [0.5, 0.6) is 23.0 Å². The molecule has 2 atom stereocenters. The van der Waals surface area contributed by atoms with Crippen LogP contribution in [0.1, 0.15) is 65.9 Å². The van der Waals surface area contributed by atoms with Gasteiger partial charge in [-0.3, -0.25) is 14.4 Å². The van der Waals surface area contributed by atoms with Crippen molar-refractivity contribution in [3.05, 3.63) is 76.6 Å². The number of rotatable bonds is 12. The monoisotopic (exact) mass is 563 g/mol. The molecule has 0 N–H and O–H groups in total. The first kappa shape index (κ1) is 31.1. The molecular weight excluding hydrogens is 526 g/mol. The number of carbonyl (C=O) groups is 3. The van der Waals surface area contributed by atoms with E-state index in [2.05, 4.69) is 4.98 Å². The van der Waals surface area contributed by atoms with Gasteiger partial charge in [-0.15, -0.1) is 0 Å². The number of aryl methyl sites for hydroxylation is 2. The van der Waals surface area contributed by atoms with Crippen LogP contribution >= 0.6 is 0 Å². The van der Waals surface area contributed by atoms with Gasteiger partial charge in [0.05, 0.1) is 27.2 Å². The molecule has 9 heteroatoms. The maximum Gasteiger partial charge on any atom is 0.309 e. The highest BCUT2D eigenvalue weighted by molar-refractivity contribution is 6.00. The molecule has 3 aromatic rings. The van der Waals surface area contributed by atoms with Crippen LogP contribution in [0.25, 0.3) is 0 Å². The summed E-state index contributed by atoms with van der Waals surface area (Å²) in [7, 11) is 4.62. The van der Waals surface area contributed by atoms with Crippen molar-refractivity contribution in [2.24, 2.45) is 5.92 Å². The highest BCUT2D eigenvalue weighted by Gasteiger charge is 2.30. The SMILES string of the molecule is COc1cc(C(c2ccc(C)c(OC)c2)[C@H](C)OC(=O)[C@H](C)CC(=O)c2nccc(OC)c2OC(C)=O)ccc1C. The van der Waals surface area contributed by atoms with Crippen molar-refractivity contribution < 1.29 is 38.1 Å². The molecule has 0 spiro atoms. The Morgan fingerprint density at radius 1 is 0.805 bits per heavy atom. The van der Waals surface area contributed by atoms with E-state index in [1.165, 1.54) is 26.3 Å². The highest BCUT2D eigenvalue weighted by Crippen LogP contribution is 2.36. The van der Waals surface area contributed by atoms with E-state index in [1.807, 2.05) is 57.2 Å². The fourth-order valence-electron chi connectivity index (χ4n) is 4.65. The van der Waals surface area contributed by atoms with Crippen LogP contribution in [-0.4, -0.2) is 50.1 Å². The molecule has 0 saturated carbocycles. The Balaban J connectivity index is 1.87. The van der Waals surface area contributed by atoms with E-state index >= 15 is 0 Å². The highest BCUT2D eigenvalue weighted by atomic mass is 16.6. The van der Waals surface area contributed by atoms with Crippen LogP contribution in [-0.2, 0) is 14.3 Å². The number of pyridine rings is 1. The second kappa shape index (κ2) is 13.8. The molecule has 0 aliphatic carbocycles. The molecule has 0 amide bonds. The minimum absolute atomic E-state index is 0.0804. The summed E-state index contributed by atoms with van der Waals surface area (Å²) in [6.07, 6.45) is 0.563. The first-order valence-corrected chi connectivity index (χ1v) is 13.2. The molecule has 41 heavy (non-hydrogen) atoms. The minimum atomic E-state index is -0.802. The molecular formula is C32H37NO8. The Hall–Kier alpha value is -4.40. The van der Waals surface area contributed by atoms with Crippen molar-refractivity contribution >= 4 is 17.7 Å². The molecule has 0 radical (unpaired) electrons. The quantitative estimate of drug-likeness (QED) is 0.205. The van der Waals surface area contributed by atoms with Crippen molar-refractivity contribution in [3.8, 4) is 23.0 Å². The van der Waals surface area contributed by atoms with Gasteiger partial charge in [0.15, 0.2) is 17.2 Å². The van der Waals surface area contributed by atoms with Gasteiger partial charge in [0, 0.05) is 31.5 Å². The lowest BCUT2D eigenvalue weighted by Crippen LogP contribution is -2.28. The number of ether oxygens (including phenoxy) is 5. The Kier molecular flexibility index (Phi) is 10.5. The molecule has 1 aromatic heterocycles. The maximum absolute atomic E-state index is 13.3. The van der Waals surface area contributed by atoms with E-state index in [9.17, 15) is 14.4 Å². The van der Waals surface area contributed by atoms with Gasteiger partial charge in [0.1, 0.15) is 17.6 Å². The van der Waals surface area contributed by atoms with E-state index < -0.39 is 29.7 Å². The molecule has 3 rings (SSSR count). The van der Waals surface area contributed by atoms with Crippen molar-refractivity contribution in [2.75, 3.05) is 21.3 Å². The van der Waals surface area contributed by atoms with Crippen LogP contribution in [0.2, 0.25) is 0 Å². The third kappa shape index (κ3) is 7.42. The van der Waals surface area contributed by atoms with Crippen LogP contribution < -0.4 is 18.9 Å². The number of benzene rings is 2. The van der Waals surface area contributed by atoms with Gasteiger partial charge in [-0.25, -0.2) is 4.98 Å². The van der Waals surface area contributed by atoms with E-state index in [1.54, 1.807) is 21.1 Å². The molecule has 0 unspecified atom stereocenters. The molecule has 0 aliphatic heterocycles. The van der Waals surface area contributed by atoms with Gasteiger partial charge in [-0.05, 0) is 55.2 Å². The summed E-state index contributed by atoms with van der Waals surface area (Å²) < 4.78 is 27.5. The third-order valence-corrected chi connectivity index (χ3v) is 6.85. The molecule has 0 bridgehead atoms. The number of methoxy groups -OCH3 is 3. The van der Waals surface area contributed by atoms with E-state index in [0.29, 0.717) is 0 Å².